The maximum atomic E-state index is 13.8. The quantitative estimate of drug-likeness (QED) is 0.887. The molecule has 2 N–H and O–H groups in total. The minimum Gasteiger partial charge on any atom is -0.324 e. The molecular weight excluding hydrogens is 261 g/mol. The molecule has 0 saturated heterocycles. The van der Waals surface area contributed by atoms with Gasteiger partial charge in [-0.1, -0.05) is 29.8 Å². The number of benzene rings is 2. The van der Waals surface area contributed by atoms with E-state index in [4.69, 9.17) is 17.3 Å². The van der Waals surface area contributed by atoms with Gasteiger partial charge in [-0.25, -0.2) is 4.39 Å². The van der Waals surface area contributed by atoms with Gasteiger partial charge in [0.25, 0.3) is 0 Å². The Hall–Kier alpha value is -1.38. The van der Waals surface area contributed by atoms with Crippen LogP contribution in [0.5, 0.6) is 0 Å². The van der Waals surface area contributed by atoms with Crippen molar-refractivity contribution in [3.8, 4) is 0 Å². The second-order valence-electron chi connectivity index (χ2n) is 4.85. The van der Waals surface area contributed by atoms with Crippen LogP contribution in [-0.4, -0.2) is 0 Å². The van der Waals surface area contributed by atoms with E-state index in [-0.39, 0.29) is 5.82 Å². The van der Waals surface area contributed by atoms with E-state index in [1.165, 1.54) is 28.8 Å². The van der Waals surface area contributed by atoms with E-state index < -0.39 is 6.04 Å². The fourth-order valence-corrected chi connectivity index (χ4v) is 2.48. The molecule has 0 aliphatic carbocycles. The molecule has 2 aromatic rings. The molecule has 1 unspecified atom stereocenters. The molecule has 0 spiro atoms. The molecule has 1 atom stereocenters. The molecule has 2 aromatic carbocycles. The highest BCUT2D eigenvalue weighted by atomic mass is 35.5. The molecule has 0 fully saturated rings. The lowest BCUT2D eigenvalue weighted by Crippen LogP contribution is -2.16. The summed E-state index contributed by atoms with van der Waals surface area (Å²) >= 11 is 5.90. The van der Waals surface area contributed by atoms with Gasteiger partial charge in [0.05, 0.1) is 0 Å². The van der Waals surface area contributed by atoms with Gasteiger partial charge >= 0.3 is 0 Å². The zero-order valence-corrected chi connectivity index (χ0v) is 11.8. The van der Waals surface area contributed by atoms with Gasteiger partial charge in [0.15, 0.2) is 0 Å². The van der Waals surface area contributed by atoms with Gasteiger partial charge < -0.3 is 5.73 Å². The van der Waals surface area contributed by atoms with Crippen LogP contribution in [0.25, 0.3) is 0 Å². The van der Waals surface area contributed by atoms with Crippen molar-refractivity contribution in [1.82, 2.24) is 0 Å². The lowest BCUT2D eigenvalue weighted by atomic mass is 9.93. The third kappa shape index (κ3) is 3.14. The number of rotatable bonds is 3. The second-order valence-corrected chi connectivity index (χ2v) is 5.28. The Bertz CT molecular complexity index is 575. The van der Waals surface area contributed by atoms with Gasteiger partial charge in [-0.15, -0.1) is 0 Å². The van der Waals surface area contributed by atoms with Crippen LogP contribution in [0.3, 0.4) is 0 Å². The number of aryl methyl sites for hydroxylation is 2. The SMILES string of the molecule is Cc1cccc(C)c1CC(N)c1cc(Cl)ccc1F. The van der Waals surface area contributed by atoms with Crippen molar-refractivity contribution in [2.24, 2.45) is 5.73 Å². The van der Waals surface area contributed by atoms with E-state index in [0.29, 0.717) is 17.0 Å². The smallest absolute Gasteiger partial charge is 0.128 e. The summed E-state index contributed by atoms with van der Waals surface area (Å²) < 4.78 is 13.8. The number of hydrogen-bond donors (Lipinski definition) is 1. The van der Waals surface area contributed by atoms with Crippen LogP contribution in [-0.2, 0) is 6.42 Å². The molecule has 0 bridgehead atoms. The lowest BCUT2D eigenvalue weighted by Gasteiger charge is -2.17. The van der Waals surface area contributed by atoms with Crippen LogP contribution in [0, 0.1) is 19.7 Å². The largest absolute Gasteiger partial charge is 0.324 e. The highest BCUT2D eigenvalue weighted by Crippen LogP contribution is 2.25. The monoisotopic (exact) mass is 277 g/mol. The average molecular weight is 278 g/mol. The summed E-state index contributed by atoms with van der Waals surface area (Å²) in [5.41, 5.74) is 10.1. The second kappa shape index (κ2) is 5.72. The van der Waals surface area contributed by atoms with Crippen molar-refractivity contribution in [1.29, 1.82) is 0 Å². The number of nitrogens with two attached hydrogens (primary N) is 1. The summed E-state index contributed by atoms with van der Waals surface area (Å²) in [4.78, 5) is 0. The normalized spacial score (nSPS) is 12.5. The summed E-state index contributed by atoms with van der Waals surface area (Å²) in [6, 6.07) is 10.2. The van der Waals surface area contributed by atoms with E-state index in [1.807, 2.05) is 32.0 Å². The van der Waals surface area contributed by atoms with E-state index in [2.05, 4.69) is 0 Å². The number of hydrogen-bond acceptors (Lipinski definition) is 1. The van der Waals surface area contributed by atoms with Crippen molar-refractivity contribution < 1.29 is 4.39 Å². The molecule has 0 radical (unpaired) electrons. The van der Waals surface area contributed by atoms with Gasteiger partial charge in [0, 0.05) is 16.6 Å². The summed E-state index contributed by atoms with van der Waals surface area (Å²) in [5, 5.41) is 0.508. The van der Waals surface area contributed by atoms with Crippen LogP contribution < -0.4 is 5.73 Å². The predicted octanol–water partition coefficient (Wildman–Crippen LogP) is 4.34. The van der Waals surface area contributed by atoms with Gasteiger partial charge in [-0.2, -0.15) is 0 Å². The molecule has 2 rings (SSSR count). The first-order valence-corrected chi connectivity index (χ1v) is 6.62. The van der Waals surface area contributed by atoms with Crippen molar-refractivity contribution in [3.63, 3.8) is 0 Å². The molecule has 0 amide bonds. The van der Waals surface area contributed by atoms with Gasteiger partial charge in [0.1, 0.15) is 5.82 Å². The Morgan fingerprint density at radius 2 is 1.79 bits per heavy atom. The average Bonchev–Trinajstić information content (AvgIpc) is 2.37. The van der Waals surface area contributed by atoms with Crippen molar-refractivity contribution in [2.75, 3.05) is 0 Å². The molecular formula is C16H17ClFN. The molecule has 0 aliphatic rings. The van der Waals surface area contributed by atoms with Crippen LogP contribution in [0.1, 0.15) is 28.3 Å². The summed E-state index contributed by atoms with van der Waals surface area (Å²) in [6.45, 7) is 4.09. The molecule has 0 aromatic heterocycles. The summed E-state index contributed by atoms with van der Waals surface area (Å²) in [6.07, 6.45) is 0.607. The molecule has 1 nitrogen and oxygen atoms in total. The topological polar surface area (TPSA) is 26.0 Å². The lowest BCUT2D eigenvalue weighted by molar-refractivity contribution is 0.579. The molecule has 0 aliphatic heterocycles. The Kier molecular flexibility index (Phi) is 4.23. The highest BCUT2D eigenvalue weighted by Gasteiger charge is 2.14. The summed E-state index contributed by atoms with van der Waals surface area (Å²) in [7, 11) is 0. The fourth-order valence-electron chi connectivity index (χ4n) is 2.30. The van der Waals surface area contributed by atoms with Crippen molar-refractivity contribution in [3.05, 3.63) is 69.5 Å². The third-order valence-corrected chi connectivity index (χ3v) is 3.66. The molecule has 0 saturated carbocycles. The van der Waals surface area contributed by atoms with E-state index in [1.54, 1.807) is 6.07 Å². The third-order valence-electron chi connectivity index (χ3n) is 3.43. The van der Waals surface area contributed by atoms with E-state index in [0.717, 1.165) is 0 Å². The first-order valence-electron chi connectivity index (χ1n) is 6.24. The maximum absolute atomic E-state index is 13.8. The van der Waals surface area contributed by atoms with Crippen LogP contribution >= 0.6 is 11.6 Å². The Labute approximate surface area is 118 Å². The minimum atomic E-state index is -0.390. The first-order chi connectivity index (χ1) is 8.99. The van der Waals surface area contributed by atoms with Crippen LogP contribution in [0.4, 0.5) is 4.39 Å². The van der Waals surface area contributed by atoms with Crippen molar-refractivity contribution in [2.45, 2.75) is 26.3 Å². The molecule has 19 heavy (non-hydrogen) atoms. The number of halogens is 2. The fraction of sp³-hybridized carbons (Fsp3) is 0.250. The molecule has 3 heteroatoms. The van der Waals surface area contributed by atoms with Crippen LogP contribution in [0.15, 0.2) is 36.4 Å². The molecule has 0 heterocycles. The maximum Gasteiger partial charge on any atom is 0.128 e. The zero-order valence-electron chi connectivity index (χ0n) is 11.1. The first kappa shape index (κ1) is 14.0. The molecule has 100 valence electrons. The minimum absolute atomic E-state index is 0.303. The standard InChI is InChI=1S/C16H17ClFN/c1-10-4-3-5-11(2)13(10)9-16(19)14-8-12(17)6-7-15(14)18/h3-8,16H,9,19H2,1-2H3. The highest BCUT2D eigenvalue weighted by molar-refractivity contribution is 6.30. The van der Waals surface area contributed by atoms with E-state index in [9.17, 15) is 4.39 Å². The Morgan fingerprint density at radius 1 is 1.16 bits per heavy atom. The van der Waals surface area contributed by atoms with Gasteiger partial charge in [-0.05, 0) is 55.2 Å². The van der Waals surface area contributed by atoms with Crippen LogP contribution in [0.2, 0.25) is 5.02 Å². The zero-order chi connectivity index (χ0) is 14.0. The van der Waals surface area contributed by atoms with Crippen molar-refractivity contribution >= 4 is 11.6 Å². The predicted molar refractivity (Wildman–Crippen MR) is 78.0 cm³/mol. The Morgan fingerprint density at radius 3 is 2.42 bits per heavy atom. The van der Waals surface area contributed by atoms with Gasteiger partial charge in [-0.3, -0.25) is 0 Å². The van der Waals surface area contributed by atoms with Gasteiger partial charge in [0.2, 0.25) is 0 Å². The van der Waals surface area contributed by atoms with E-state index >= 15 is 0 Å². The summed E-state index contributed by atoms with van der Waals surface area (Å²) in [5.74, 6) is -0.303. The Balaban J connectivity index is 2.31.